The van der Waals surface area contributed by atoms with Gasteiger partial charge in [0.1, 0.15) is 0 Å². The molecule has 0 radical (unpaired) electrons. The predicted octanol–water partition coefficient (Wildman–Crippen LogP) is 2.03. The average molecular weight is 355 g/mol. The fourth-order valence-electron chi connectivity index (χ4n) is 3.32. The van der Waals surface area contributed by atoms with Crippen LogP contribution in [0.2, 0.25) is 0 Å². The molecule has 2 aromatic rings. The van der Waals surface area contributed by atoms with Crippen LogP contribution in [-0.2, 0) is 9.59 Å². The standard InChI is InChI=1S/C20H25N3O3/c1-23(2)19(26)8-7-18(25)22-20(14-10-16(24)11-14)15-9-13-5-3-4-6-17(13)21-12-15/h3-6,9,12,14,16,20,24H,7-8,10-11H2,1-2H3,(H,22,25)/t14?,16?,20-/m0/s1. The van der Waals surface area contributed by atoms with Gasteiger partial charge in [0.2, 0.25) is 11.8 Å². The highest BCUT2D eigenvalue weighted by Crippen LogP contribution is 2.38. The van der Waals surface area contributed by atoms with Gasteiger partial charge in [0.25, 0.3) is 0 Å². The van der Waals surface area contributed by atoms with Crippen LogP contribution in [0.5, 0.6) is 0 Å². The minimum Gasteiger partial charge on any atom is -0.393 e. The van der Waals surface area contributed by atoms with Crippen molar-refractivity contribution >= 4 is 22.7 Å². The zero-order valence-electron chi connectivity index (χ0n) is 15.2. The number of benzene rings is 1. The average Bonchev–Trinajstić information content (AvgIpc) is 2.61. The molecule has 1 heterocycles. The summed E-state index contributed by atoms with van der Waals surface area (Å²) < 4.78 is 0. The summed E-state index contributed by atoms with van der Waals surface area (Å²) >= 11 is 0. The summed E-state index contributed by atoms with van der Waals surface area (Å²) in [6, 6.07) is 9.70. The molecule has 1 saturated carbocycles. The molecule has 6 heteroatoms. The lowest BCUT2D eigenvalue weighted by Gasteiger charge is -2.38. The van der Waals surface area contributed by atoms with E-state index in [9.17, 15) is 14.7 Å². The molecule has 1 aromatic carbocycles. The van der Waals surface area contributed by atoms with Crippen LogP contribution in [0.1, 0.15) is 37.3 Å². The first-order valence-corrected chi connectivity index (χ1v) is 8.96. The van der Waals surface area contributed by atoms with Crippen molar-refractivity contribution in [3.8, 4) is 0 Å². The van der Waals surface area contributed by atoms with Gasteiger partial charge in [0, 0.05) is 38.5 Å². The highest BCUT2D eigenvalue weighted by Gasteiger charge is 2.35. The Morgan fingerprint density at radius 3 is 2.69 bits per heavy atom. The SMILES string of the molecule is CN(C)C(=O)CCC(=O)N[C@H](c1cnc2ccccc2c1)C1CC(O)C1. The van der Waals surface area contributed by atoms with Crippen LogP contribution < -0.4 is 5.32 Å². The largest absolute Gasteiger partial charge is 0.393 e. The van der Waals surface area contributed by atoms with E-state index in [0.717, 1.165) is 16.5 Å². The van der Waals surface area contributed by atoms with Gasteiger partial charge in [0.15, 0.2) is 0 Å². The first-order chi connectivity index (χ1) is 12.4. The van der Waals surface area contributed by atoms with Gasteiger partial charge in [-0.15, -0.1) is 0 Å². The van der Waals surface area contributed by atoms with Crippen molar-refractivity contribution in [3.05, 3.63) is 42.1 Å². The number of carbonyl (C=O) groups is 2. The van der Waals surface area contributed by atoms with Crippen molar-refractivity contribution in [2.75, 3.05) is 14.1 Å². The first kappa shape index (κ1) is 18.3. The van der Waals surface area contributed by atoms with Gasteiger partial charge in [-0.1, -0.05) is 18.2 Å². The van der Waals surface area contributed by atoms with E-state index in [2.05, 4.69) is 10.3 Å². The number of nitrogens with one attached hydrogen (secondary N) is 1. The maximum atomic E-state index is 12.4. The van der Waals surface area contributed by atoms with Crippen molar-refractivity contribution in [3.63, 3.8) is 0 Å². The number of aromatic nitrogens is 1. The summed E-state index contributed by atoms with van der Waals surface area (Å²) in [6.07, 6.45) is 3.16. The Labute approximate surface area is 153 Å². The van der Waals surface area contributed by atoms with Crippen molar-refractivity contribution in [1.29, 1.82) is 0 Å². The lowest BCUT2D eigenvalue weighted by atomic mass is 9.75. The Bertz CT molecular complexity index is 800. The van der Waals surface area contributed by atoms with E-state index in [4.69, 9.17) is 0 Å². The summed E-state index contributed by atoms with van der Waals surface area (Å²) in [4.78, 5) is 30.1. The second-order valence-electron chi connectivity index (χ2n) is 7.18. The summed E-state index contributed by atoms with van der Waals surface area (Å²) in [5.41, 5.74) is 1.85. The van der Waals surface area contributed by atoms with E-state index >= 15 is 0 Å². The topological polar surface area (TPSA) is 82.5 Å². The van der Waals surface area contributed by atoms with Gasteiger partial charge in [-0.25, -0.2) is 0 Å². The number of nitrogens with zero attached hydrogens (tertiary/aromatic N) is 2. The molecule has 1 atom stereocenters. The molecule has 0 unspecified atom stereocenters. The molecule has 2 N–H and O–H groups in total. The molecule has 2 amide bonds. The lowest BCUT2D eigenvalue weighted by Crippen LogP contribution is -2.41. The Kier molecular flexibility index (Phi) is 5.52. The molecule has 1 fully saturated rings. The number of amides is 2. The quantitative estimate of drug-likeness (QED) is 0.831. The van der Waals surface area contributed by atoms with Crippen LogP contribution in [0.15, 0.2) is 36.5 Å². The Balaban J connectivity index is 1.74. The molecule has 0 bridgehead atoms. The Hall–Kier alpha value is -2.47. The van der Waals surface area contributed by atoms with E-state index in [1.165, 1.54) is 4.90 Å². The van der Waals surface area contributed by atoms with Crippen LogP contribution in [0.3, 0.4) is 0 Å². The van der Waals surface area contributed by atoms with Crippen molar-refractivity contribution in [1.82, 2.24) is 15.2 Å². The number of fused-ring (bicyclic) bond motifs is 1. The summed E-state index contributed by atoms with van der Waals surface area (Å²) in [5, 5.41) is 13.8. The molecule has 0 saturated heterocycles. The van der Waals surface area contributed by atoms with Crippen molar-refractivity contribution in [2.45, 2.75) is 37.8 Å². The Morgan fingerprint density at radius 2 is 2.00 bits per heavy atom. The highest BCUT2D eigenvalue weighted by molar-refractivity contribution is 5.84. The summed E-state index contributed by atoms with van der Waals surface area (Å²) in [5.74, 6) is -0.0376. The van der Waals surface area contributed by atoms with Crippen LogP contribution in [0.4, 0.5) is 0 Å². The van der Waals surface area contributed by atoms with E-state index in [1.54, 1.807) is 20.3 Å². The molecule has 0 spiro atoms. The second-order valence-corrected chi connectivity index (χ2v) is 7.18. The van der Waals surface area contributed by atoms with Crippen LogP contribution in [0, 0.1) is 5.92 Å². The number of hydrogen-bond acceptors (Lipinski definition) is 4. The molecular formula is C20H25N3O3. The molecule has 138 valence electrons. The monoisotopic (exact) mass is 355 g/mol. The number of hydrogen-bond donors (Lipinski definition) is 2. The van der Waals surface area contributed by atoms with Crippen molar-refractivity contribution < 1.29 is 14.7 Å². The van der Waals surface area contributed by atoms with Gasteiger partial charge >= 0.3 is 0 Å². The zero-order valence-corrected chi connectivity index (χ0v) is 15.2. The fraction of sp³-hybridized carbons (Fsp3) is 0.450. The van der Waals surface area contributed by atoms with Gasteiger partial charge in [-0.05, 0) is 36.5 Å². The van der Waals surface area contributed by atoms with Crippen LogP contribution in [0.25, 0.3) is 10.9 Å². The molecule has 1 aromatic heterocycles. The number of pyridine rings is 1. The van der Waals surface area contributed by atoms with Crippen molar-refractivity contribution in [2.24, 2.45) is 5.92 Å². The number of carbonyl (C=O) groups excluding carboxylic acids is 2. The maximum Gasteiger partial charge on any atom is 0.222 e. The smallest absolute Gasteiger partial charge is 0.222 e. The minimum absolute atomic E-state index is 0.0665. The maximum absolute atomic E-state index is 12.4. The van der Waals surface area contributed by atoms with E-state index in [-0.39, 0.29) is 42.7 Å². The molecular weight excluding hydrogens is 330 g/mol. The summed E-state index contributed by atoms with van der Waals surface area (Å²) in [6.45, 7) is 0. The third kappa shape index (κ3) is 4.19. The molecule has 3 rings (SSSR count). The van der Waals surface area contributed by atoms with E-state index in [1.807, 2.05) is 30.3 Å². The van der Waals surface area contributed by atoms with Gasteiger partial charge in [-0.3, -0.25) is 14.6 Å². The first-order valence-electron chi connectivity index (χ1n) is 8.96. The van der Waals surface area contributed by atoms with E-state index in [0.29, 0.717) is 12.8 Å². The number of para-hydroxylation sites is 1. The molecule has 1 aliphatic carbocycles. The molecule has 0 aliphatic heterocycles. The fourth-order valence-corrected chi connectivity index (χ4v) is 3.32. The molecule has 26 heavy (non-hydrogen) atoms. The van der Waals surface area contributed by atoms with E-state index < -0.39 is 0 Å². The third-order valence-corrected chi connectivity index (χ3v) is 4.97. The normalized spacial score (nSPS) is 20.3. The predicted molar refractivity (Wildman–Crippen MR) is 99.3 cm³/mol. The second kappa shape index (κ2) is 7.83. The zero-order chi connectivity index (χ0) is 18.7. The number of aliphatic hydroxyl groups is 1. The third-order valence-electron chi connectivity index (χ3n) is 4.97. The van der Waals surface area contributed by atoms with Gasteiger partial charge in [-0.2, -0.15) is 0 Å². The number of aliphatic hydroxyl groups excluding tert-OH is 1. The van der Waals surface area contributed by atoms with Gasteiger partial charge < -0.3 is 15.3 Å². The highest BCUT2D eigenvalue weighted by atomic mass is 16.3. The van der Waals surface area contributed by atoms with Crippen LogP contribution in [-0.4, -0.2) is 47.0 Å². The molecule has 1 aliphatic rings. The van der Waals surface area contributed by atoms with Gasteiger partial charge in [0.05, 0.1) is 17.7 Å². The molecule has 6 nitrogen and oxygen atoms in total. The van der Waals surface area contributed by atoms with Crippen LogP contribution >= 0.6 is 0 Å². The summed E-state index contributed by atoms with van der Waals surface area (Å²) in [7, 11) is 3.36. The Morgan fingerprint density at radius 1 is 1.27 bits per heavy atom. The number of rotatable bonds is 6. The lowest BCUT2D eigenvalue weighted by molar-refractivity contribution is -0.132. The minimum atomic E-state index is -0.303.